The van der Waals surface area contributed by atoms with Crippen LogP contribution in [0.3, 0.4) is 0 Å². The van der Waals surface area contributed by atoms with Crippen LogP contribution in [0.1, 0.15) is 51.1 Å². The van der Waals surface area contributed by atoms with Crippen LogP contribution in [0.15, 0.2) is 46.4 Å². The molecule has 0 bridgehead atoms. The Bertz CT molecular complexity index is 857. The molecule has 5 nitrogen and oxygen atoms in total. The lowest BCUT2D eigenvalue weighted by atomic mass is 9.93. The number of fused-ring (bicyclic) bond motifs is 1. The number of H-pyrrole nitrogens is 1. The fourth-order valence-corrected chi connectivity index (χ4v) is 3.38. The summed E-state index contributed by atoms with van der Waals surface area (Å²) in [7, 11) is 0. The van der Waals surface area contributed by atoms with E-state index in [9.17, 15) is 9.18 Å². The number of nitrogens with one attached hydrogen (secondary N) is 2. The number of aromatic nitrogens is 2. The summed E-state index contributed by atoms with van der Waals surface area (Å²) in [4.78, 5) is 17.2. The topological polar surface area (TPSA) is 70.1 Å². The van der Waals surface area contributed by atoms with Gasteiger partial charge in [0.1, 0.15) is 11.6 Å². The molecule has 2 aliphatic carbocycles. The summed E-state index contributed by atoms with van der Waals surface area (Å²) in [6, 6.07) is 1.91. The summed E-state index contributed by atoms with van der Waals surface area (Å²) >= 11 is 0. The number of allylic oxidation sites excluding steroid dienone is 5. The lowest BCUT2D eigenvalue weighted by molar-refractivity contribution is -0.118. The zero-order chi connectivity index (χ0) is 18.3. The minimum Gasteiger partial charge on any atom is -0.311 e. The van der Waals surface area contributed by atoms with E-state index in [1.807, 2.05) is 19.1 Å². The van der Waals surface area contributed by atoms with Gasteiger partial charge in [0, 0.05) is 29.3 Å². The summed E-state index contributed by atoms with van der Waals surface area (Å²) in [6.45, 7) is 3.60. The highest BCUT2D eigenvalue weighted by atomic mass is 19.1. The summed E-state index contributed by atoms with van der Waals surface area (Å²) in [6.07, 6.45) is 9.28. The SMILES string of the molecule is CC1=C/C2=NC([C@@H](C)C(=O)Nc3cc(C4CC4)n[nH]3)=CC2CC/C=C\1F. The normalized spacial score (nSPS) is 27.7. The van der Waals surface area contributed by atoms with Crippen molar-refractivity contribution in [2.45, 2.75) is 45.4 Å². The number of nitrogens with zero attached hydrogens (tertiary/aromatic N) is 2. The maximum absolute atomic E-state index is 13.8. The molecule has 4 rings (SSSR count). The highest BCUT2D eigenvalue weighted by molar-refractivity contribution is 6.02. The lowest BCUT2D eigenvalue weighted by Gasteiger charge is -2.11. The number of halogens is 1. The molecule has 2 atom stereocenters. The van der Waals surface area contributed by atoms with Crippen LogP contribution < -0.4 is 5.32 Å². The highest BCUT2D eigenvalue weighted by Crippen LogP contribution is 2.39. The fourth-order valence-electron chi connectivity index (χ4n) is 3.38. The number of hydrogen-bond donors (Lipinski definition) is 2. The van der Waals surface area contributed by atoms with Gasteiger partial charge in [-0.15, -0.1) is 0 Å². The summed E-state index contributed by atoms with van der Waals surface area (Å²) in [5.74, 6) is 0.631. The van der Waals surface area contributed by atoms with Crippen LogP contribution in [0, 0.1) is 11.8 Å². The molecule has 1 saturated carbocycles. The molecule has 2 heterocycles. The molecule has 1 aliphatic heterocycles. The predicted molar refractivity (Wildman–Crippen MR) is 99.5 cm³/mol. The number of amides is 1. The molecule has 26 heavy (non-hydrogen) atoms. The van der Waals surface area contributed by atoms with Crippen LogP contribution >= 0.6 is 0 Å². The van der Waals surface area contributed by atoms with E-state index in [-0.39, 0.29) is 23.6 Å². The van der Waals surface area contributed by atoms with Gasteiger partial charge in [-0.1, -0.05) is 6.08 Å². The highest BCUT2D eigenvalue weighted by Gasteiger charge is 2.29. The van der Waals surface area contributed by atoms with Gasteiger partial charge in [0.2, 0.25) is 5.91 Å². The largest absolute Gasteiger partial charge is 0.311 e. The monoisotopic (exact) mass is 354 g/mol. The molecule has 1 amide bonds. The van der Waals surface area contributed by atoms with Crippen LogP contribution in [-0.4, -0.2) is 21.8 Å². The van der Waals surface area contributed by atoms with Gasteiger partial charge >= 0.3 is 0 Å². The Morgan fingerprint density at radius 3 is 2.96 bits per heavy atom. The standard InChI is InChI=1S/C20H23FN4O/c1-11-8-17-14(4-3-5-15(11)21)9-16(22-17)12(2)20(26)23-19-10-18(24-25-19)13-6-7-13/h5,8-10,12-14H,3-4,6-7H2,1-2H3,(H2,23,24,25,26)/b11-8-,15-5+/t12-,14?/m1/s1. The van der Waals surface area contributed by atoms with Gasteiger partial charge in [0.25, 0.3) is 0 Å². The van der Waals surface area contributed by atoms with E-state index in [1.165, 1.54) is 12.8 Å². The smallest absolute Gasteiger partial charge is 0.234 e. The third-order valence-electron chi connectivity index (χ3n) is 5.24. The molecular weight excluding hydrogens is 331 g/mol. The Hall–Kier alpha value is -2.50. The molecular formula is C20H23FN4O. The Morgan fingerprint density at radius 1 is 1.38 bits per heavy atom. The van der Waals surface area contributed by atoms with Gasteiger partial charge in [0.05, 0.1) is 11.6 Å². The van der Waals surface area contributed by atoms with Crippen molar-refractivity contribution in [2.24, 2.45) is 16.8 Å². The molecule has 0 aromatic carbocycles. The van der Waals surface area contributed by atoms with Gasteiger partial charge in [-0.25, -0.2) is 4.39 Å². The van der Waals surface area contributed by atoms with Crippen molar-refractivity contribution in [3.05, 3.63) is 47.1 Å². The number of hydrogen-bond acceptors (Lipinski definition) is 3. The van der Waals surface area contributed by atoms with Gasteiger partial charge in [-0.05, 0) is 57.3 Å². The second-order valence-electron chi connectivity index (χ2n) is 7.38. The third-order valence-corrected chi connectivity index (χ3v) is 5.24. The van der Waals surface area contributed by atoms with Gasteiger partial charge in [0.15, 0.2) is 0 Å². The summed E-state index contributed by atoms with van der Waals surface area (Å²) in [5.41, 5.74) is 3.20. The maximum Gasteiger partial charge on any atom is 0.234 e. The van der Waals surface area contributed by atoms with E-state index in [1.54, 1.807) is 19.1 Å². The first-order valence-corrected chi connectivity index (χ1v) is 9.22. The van der Waals surface area contributed by atoms with Crippen molar-refractivity contribution in [3.8, 4) is 0 Å². The number of carbonyl (C=O) groups excluding carboxylic acids is 1. The second-order valence-corrected chi connectivity index (χ2v) is 7.38. The fraction of sp³-hybridized carbons (Fsp3) is 0.450. The first kappa shape index (κ1) is 16.9. The van der Waals surface area contributed by atoms with Crippen molar-refractivity contribution < 1.29 is 9.18 Å². The van der Waals surface area contributed by atoms with Crippen LogP contribution in [0.25, 0.3) is 0 Å². The van der Waals surface area contributed by atoms with Gasteiger partial charge < -0.3 is 5.32 Å². The first-order valence-electron chi connectivity index (χ1n) is 9.22. The Labute approximate surface area is 152 Å². The average molecular weight is 354 g/mol. The van der Waals surface area contributed by atoms with E-state index < -0.39 is 0 Å². The molecule has 136 valence electrons. The Kier molecular flexibility index (Phi) is 4.34. The zero-order valence-electron chi connectivity index (χ0n) is 15.1. The number of carbonyl (C=O) groups is 1. The maximum atomic E-state index is 13.8. The Morgan fingerprint density at radius 2 is 2.19 bits per heavy atom. The third kappa shape index (κ3) is 3.41. The molecule has 1 fully saturated rings. The van der Waals surface area contributed by atoms with Crippen LogP contribution in [0.4, 0.5) is 10.2 Å². The van der Waals surface area contributed by atoms with E-state index in [0.717, 1.165) is 23.5 Å². The molecule has 6 heteroatoms. The van der Waals surface area contributed by atoms with Crippen molar-refractivity contribution in [1.29, 1.82) is 0 Å². The van der Waals surface area contributed by atoms with Crippen LogP contribution in [0.5, 0.6) is 0 Å². The quantitative estimate of drug-likeness (QED) is 0.841. The summed E-state index contributed by atoms with van der Waals surface area (Å²) in [5, 5.41) is 10.0. The average Bonchev–Trinajstić information content (AvgIpc) is 3.24. The molecule has 2 N–H and O–H groups in total. The number of aliphatic imine (C=N–C) groups is 1. The molecule has 0 saturated heterocycles. The zero-order valence-corrected chi connectivity index (χ0v) is 15.1. The van der Waals surface area contributed by atoms with E-state index in [2.05, 4.69) is 20.5 Å². The van der Waals surface area contributed by atoms with Crippen molar-refractivity contribution in [1.82, 2.24) is 10.2 Å². The first-order chi connectivity index (χ1) is 12.5. The van der Waals surface area contributed by atoms with Gasteiger partial charge in [-0.2, -0.15) is 5.10 Å². The molecule has 0 spiro atoms. The van der Waals surface area contributed by atoms with Gasteiger partial charge in [-0.3, -0.25) is 14.9 Å². The second kappa shape index (κ2) is 6.67. The van der Waals surface area contributed by atoms with E-state index in [4.69, 9.17) is 0 Å². The molecule has 0 radical (unpaired) electrons. The predicted octanol–water partition coefficient (Wildman–Crippen LogP) is 4.41. The minimum atomic E-state index is -0.380. The number of anilines is 1. The lowest BCUT2D eigenvalue weighted by Crippen LogP contribution is -2.21. The van der Waals surface area contributed by atoms with Crippen LogP contribution in [-0.2, 0) is 4.79 Å². The molecule has 1 aromatic heterocycles. The van der Waals surface area contributed by atoms with Crippen LogP contribution in [0.2, 0.25) is 0 Å². The van der Waals surface area contributed by atoms with Crippen molar-refractivity contribution >= 4 is 17.4 Å². The number of aromatic amines is 1. The van der Waals surface area contributed by atoms with Crippen molar-refractivity contribution in [3.63, 3.8) is 0 Å². The molecule has 3 aliphatic rings. The van der Waals surface area contributed by atoms with E-state index in [0.29, 0.717) is 23.7 Å². The number of rotatable bonds is 4. The minimum absolute atomic E-state index is 0.120. The van der Waals surface area contributed by atoms with E-state index >= 15 is 0 Å². The molecule has 1 unspecified atom stereocenters. The molecule has 1 aromatic rings. The van der Waals surface area contributed by atoms with Crippen molar-refractivity contribution in [2.75, 3.05) is 5.32 Å². The summed E-state index contributed by atoms with van der Waals surface area (Å²) < 4.78 is 13.8. The Balaban J connectivity index is 1.46.